The number of hydrogen-bond donors (Lipinski definition) is 0. The number of cyclic esters (lactones) is 2. The Hall–Kier alpha value is -2.24. The molecule has 108 valence electrons. The highest BCUT2D eigenvalue weighted by Crippen LogP contribution is 2.61. The van der Waals surface area contributed by atoms with Gasteiger partial charge in [-0.1, -0.05) is 12.1 Å². The summed E-state index contributed by atoms with van der Waals surface area (Å²) in [6, 6.07) is 6.52. The van der Waals surface area contributed by atoms with E-state index in [1.165, 1.54) is 12.1 Å². The minimum atomic E-state index is -0.423. The molecule has 1 aromatic rings. The van der Waals surface area contributed by atoms with Crippen LogP contribution in [-0.2, 0) is 14.3 Å². The lowest BCUT2D eigenvalue weighted by atomic mass is 9.73. The number of benzene rings is 1. The lowest BCUT2D eigenvalue weighted by molar-refractivity contribution is -0.384. The van der Waals surface area contributed by atoms with Crippen LogP contribution < -0.4 is 0 Å². The second-order valence-electron chi connectivity index (χ2n) is 6.14. The van der Waals surface area contributed by atoms with Crippen molar-refractivity contribution in [3.63, 3.8) is 0 Å². The molecule has 3 fully saturated rings. The summed E-state index contributed by atoms with van der Waals surface area (Å²) in [6.07, 6.45) is 1.73. The fourth-order valence-electron chi connectivity index (χ4n) is 4.48. The summed E-state index contributed by atoms with van der Waals surface area (Å²) >= 11 is 0. The predicted molar refractivity (Wildman–Crippen MR) is 70.1 cm³/mol. The largest absolute Gasteiger partial charge is 0.393 e. The van der Waals surface area contributed by atoms with Gasteiger partial charge in [-0.3, -0.25) is 19.7 Å². The number of hydrogen-bond acceptors (Lipinski definition) is 5. The third-order valence-corrected chi connectivity index (χ3v) is 5.28. The first-order valence-electron chi connectivity index (χ1n) is 7.06. The van der Waals surface area contributed by atoms with E-state index in [2.05, 4.69) is 0 Å². The van der Waals surface area contributed by atoms with Crippen molar-refractivity contribution in [2.75, 3.05) is 0 Å². The number of esters is 2. The molecule has 0 spiro atoms. The number of ether oxygens (including phenoxy) is 1. The average molecular weight is 287 g/mol. The van der Waals surface area contributed by atoms with Crippen LogP contribution in [0.15, 0.2) is 24.3 Å². The van der Waals surface area contributed by atoms with Gasteiger partial charge >= 0.3 is 11.9 Å². The molecule has 1 aromatic carbocycles. The monoisotopic (exact) mass is 287 g/mol. The Morgan fingerprint density at radius 1 is 1.05 bits per heavy atom. The Morgan fingerprint density at radius 2 is 1.71 bits per heavy atom. The number of carbonyl (C=O) groups is 2. The van der Waals surface area contributed by atoms with Crippen LogP contribution in [0.25, 0.3) is 0 Å². The Kier molecular flexibility index (Phi) is 2.46. The van der Waals surface area contributed by atoms with Crippen molar-refractivity contribution >= 4 is 17.6 Å². The van der Waals surface area contributed by atoms with Crippen LogP contribution in [0.2, 0.25) is 0 Å². The van der Waals surface area contributed by atoms with Crippen LogP contribution in [0.4, 0.5) is 5.69 Å². The quantitative estimate of drug-likeness (QED) is 0.359. The van der Waals surface area contributed by atoms with E-state index in [-0.39, 0.29) is 47.2 Å². The predicted octanol–water partition coefficient (Wildman–Crippen LogP) is 2.03. The zero-order chi connectivity index (χ0) is 14.7. The van der Waals surface area contributed by atoms with Crippen molar-refractivity contribution in [1.29, 1.82) is 0 Å². The van der Waals surface area contributed by atoms with Gasteiger partial charge in [-0.2, -0.15) is 0 Å². The summed E-state index contributed by atoms with van der Waals surface area (Å²) in [6.45, 7) is 0. The molecule has 2 bridgehead atoms. The topological polar surface area (TPSA) is 86.5 Å². The molecule has 0 radical (unpaired) electrons. The summed E-state index contributed by atoms with van der Waals surface area (Å²) in [4.78, 5) is 33.8. The molecule has 6 heteroatoms. The van der Waals surface area contributed by atoms with E-state index in [0.717, 1.165) is 18.4 Å². The molecule has 5 atom stereocenters. The van der Waals surface area contributed by atoms with Crippen LogP contribution in [-0.4, -0.2) is 16.9 Å². The zero-order valence-electron chi connectivity index (χ0n) is 11.1. The Bertz CT molecular complexity index is 653. The first kappa shape index (κ1) is 12.5. The van der Waals surface area contributed by atoms with Gasteiger partial charge < -0.3 is 4.74 Å². The standard InChI is InChI=1S/C15H13NO5/c17-14-12-8-5-10(11(6-8)13(12)15(18)21-14)7-1-3-9(4-2-7)16(19)20/h1-4,8,10-13H,5-6H2/t8-,10-,11+,12-,13-/m1/s1. The molecule has 3 aliphatic rings. The van der Waals surface area contributed by atoms with Crippen molar-refractivity contribution < 1.29 is 19.2 Å². The number of rotatable bonds is 2. The Morgan fingerprint density at radius 3 is 2.38 bits per heavy atom. The van der Waals surface area contributed by atoms with E-state index in [1.807, 2.05) is 0 Å². The van der Waals surface area contributed by atoms with Gasteiger partial charge in [-0.25, -0.2) is 0 Å². The molecule has 2 aliphatic carbocycles. The highest BCUT2D eigenvalue weighted by atomic mass is 16.6. The second kappa shape index (κ2) is 4.13. The number of nitro groups is 1. The second-order valence-corrected chi connectivity index (χ2v) is 6.14. The van der Waals surface area contributed by atoms with E-state index in [1.54, 1.807) is 12.1 Å². The minimum absolute atomic E-state index is 0.0650. The summed E-state index contributed by atoms with van der Waals surface area (Å²) < 4.78 is 4.78. The van der Waals surface area contributed by atoms with Gasteiger partial charge in [0.1, 0.15) is 0 Å². The highest BCUT2D eigenvalue weighted by Gasteiger charge is 2.63. The Labute approximate surface area is 120 Å². The number of fused-ring (bicyclic) bond motifs is 5. The molecule has 2 saturated carbocycles. The van der Waals surface area contributed by atoms with Gasteiger partial charge in [-0.05, 0) is 36.2 Å². The van der Waals surface area contributed by atoms with E-state index in [4.69, 9.17) is 4.74 Å². The first-order valence-corrected chi connectivity index (χ1v) is 7.06. The molecule has 6 nitrogen and oxygen atoms in total. The molecular formula is C15H13NO5. The highest BCUT2D eigenvalue weighted by molar-refractivity contribution is 5.97. The molecule has 21 heavy (non-hydrogen) atoms. The number of carbonyl (C=O) groups excluding carboxylic acids is 2. The van der Waals surface area contributed by atoms with Gasteiger partial charge in [-0.15, -0.1) is 0 Å². The number of non-ortho nitro benzene ring substituents is 1. The van der Waals surface area contributed by atoms with Gasteiger partial charge in [0, 0.05) is 12.1 Å². The SMILES string of the molecule is O=C1OC(=O)[C@@H]2[C@H]3C[C@@H](C[C@@H]3c3ccc([N+](=O)[O-])cc3)[C@@H]12. The fourth-order valence-corrected chi connectivity index (χ4v) is 4.48. The lowest BCUT2D eigenvalue weighted by Crippen LogP contribution is -2.29. The fraction of sp³-hybridized carbons (Fsp3) is 0.467. The summed E-state index contributed by atoms with van der Waals surface area (Å²) in [7, 11) is 0. The maximum Gasteiger partial charge on any atom is 0.317 e. The average Bonchev–Trinajstić information content (AvgIpc) is 3.12. The van der Waals surface area contributed by atoms with Gasteiger partial charge in [0.25, 0.3) is 5.69 Å². The summed E-state index contributed by atoms with van der Waals surface area (Å²) in [5.74, 6) is -0.785. The molecule has 0 unspecified atom stereocenters. The van der Waals surface area contributed by atoms with Crippen molar-refractivity contribution in [3.05, 3.63) is 39.9 Å². The van der Waals surface area contributed by atoms with E-state index >= 15 is 0 Å². The molecule has 1 saturated heterocycles. The Balaban J connectivity index is 1.63. The smallest absolute Gasteiger partial charge is 0.317 e. The van der Waals surface area contributed by atoms with Crippen molar-refractivity contribution in [2.45, 2.75) is 18.8 Å². The molecule has 1 aliphatic heterocycles. The van der Waals surface area contributed by atoms with Crippen LogP contribution in [0.5, 0.6) is 0 Å². The minimum Gasteiger partial charge on any atom is -0.393 e. The van der Waals surface area contributed by atoms with E-state index < -0.39 is 4.92 Å². The van der Waals surface area contributed by atoms with Gasteiger partial charge in [0.15, 0.2) is 0 Å². The van der Waals surface area contributed by atoms with Crippen molar-refractivity contribution in [3.8, 4) is 0 Å². The normalized spacial score (nSPS) is 36.7. The molecule has 1 heterocycles. The van der Waals surface area contributed by atoms with Gasteiger partial charge in [0.2, 0.25) is 0 Å². The van der Waals surface area contributed by atoms with Crippen LogP contribution in [0, 0.1) is 33.8 Å². The molecule has 0 amide bonds. The third kappa shape index (κ3) is 1.65. The molecule has 4 rings (SSSR count). The van der Waals surface area contributed by atoms with Crippen LogP contribution in [0.3, 0.4) is 0 Å². The summed E-state index contributed by atoms with van der Waals surface area (Å²) in [5.41, 5.74) is 1.08. The maximum absolute atomic E-state index is 11.8. The zero-order valence-corrected chi connectivity index (χ0v) is 11.1. The third-order valence-electron chi connectivity index (χ3n) is 5.28. The van der Waals surface area contributed by atoms with Crippen LogP contribution in [0.1, 0.15) is 24.3 Å². The van der Waals surface area contributed by atoms with Crippen LogP contribution >= 0.6 is 0 Å². The lowest BCUT2D eigenvalue weighted by Gasteiger charge is -2.27. The maximum atomic E-state index is 11.8. The first-order chi connectivity index (χ1) is 10.1. The molecular weight excluding hydrogens is 274 g/mol. The summed E-state index contributed by atoms with van der Waals surface area (Å²) in [5, 5.41) is 10.7. The molecule has 0 N–H and O–H groups in total. The van der Waals surface area contributed by atoms with Gasteiger partial charge in [0.05, 0.1) is 16.8 Å². The number of nitro benzene ring substituents is 1. The van der Waals surface area contributed by atoms with E-state index in [0.29, 0.717) is 0 Å². The van der Waals surface area contributed by atoms with Crippen molar-refractivity contribution in [2.24, 2.45) is 23.7 Å². The number of nitrogens with zero attached hydrogens (tertiary/aromatic N) is 1. The molecule has 0 aromatic heterocycles. The van der Waals surface area contributed by atoms with Crippen molar-refractivity contribution in [1.82, 2.24) is 0 Å². The van der Waals surface area contributed by atoms with E-state index in [9.17, 15) is 19.7 Å².